The molecule has 0 radical (unpaired) electrons. The van der Waals surface area contributed by atoms with Crippen molar-refractivity contribution >= 4 is 5.97 Å². The highest BCUT2D eigenvalue weighted by molar-refractivity contribution is 5.91. The van der Waals surface area contributed by atoms with Gasteiger partial charge in [0.05, 0.1) is 17.9 Å². The maximum Gasteiger partial charge on any atom is 0.343 e. The van der Waals surface area contributed by atoms with Crippen molar-refractivity contribution in [2.45, 2.75) is 20.0 Å². The van der Waals surface area contributed by atoms with Crippen molar-refractivity contribution in [3.05, 3.63) is 48.2 Å². The van der Waals surface area contributed by atoms with Crippen LogP contribution >= 0.6 is 0 Å². The molecule has 16 heavy (non-hydrogen) atoms. The molecule has 0 aliphatic carbocycles. The zero-order valence-corrected chi connectivity index (χ0v) is 9.60. The first-order valence-electron chi connectivity index (χ1n) is 5.23. The molecule has 1 rings (SSSR count). The van der Waals surface area contributed by atoms with E-state index in [0.29, 0.717) is 12.2 Å². The Labute approximate surface area is 95.7 Å². The van der Waals surface area contributed by atoms with Crippen LogP contribution in [0.5, 0.6) is 0 Å². The Bertz CT molecular complexity index is 371. The fourth-order valence-corrected chi connectivity index (χ4v) is 1.52. The maximum absolute atomic E-state index is 11.6. The van der Waals surface area contributed by atoms with E-state index in [1.807, 2.05) is 26.0 Å². The molecule has 3 heteroatoms. The van der Waals surface area contributed by atoms with Crippen LogP contribution in [-0.4, -0.2) is 12.6 Å². The van der Waals surface area contributed by atoms with E-state index in [1.54, 1.807) is 12.1 Å². The summed E-state index contributed by atoms with van der Waals surface area (Å²) < 4.78 is 10.2. The van der Waals surface area contributed by atoms with Crippen LogP contribution in [0.2, 0.25) is 0 Å². The smallest absolute Gasteiger partial charge is 0.343 e. The van der Waals surface area contributed by atoms with Crippen LogP contribution in [0.4, 0.5) is 0 Å². The Hall–Kier alpha value is -1.61. The van der Waals surface area contributed by atoms with E-state index in [9.17, 15) is 4.79 Å². The van der Waals surface area contributed by atoms with Crippen LogP contribution in [0.3, 0.4) is 0 Å². The first-order chi connectivity index (χ1) is 7.70. The third-order valence-corrected chi connectivity index (χ3v) is 2.23. The number of ether oxygens (including phenoxy) is 2. The van der Waals surface area contributed by atoms with Gasteiger partial charge in [-0.25, -0.2) is 4.79 Å². The number of rotatable bonds is 5. The largest absolute Gasteiger partial charge is 0.432 e. The second-order valence-corrected chi connectivity index (χ2v) is 3.26. The van der Waals surface area contributed by atoms with Gasteiger partial charge in [-0.15, -0.1) is 0 Å². The predicted octanol–water partition coefficient (Wildman–Crippen LogP) is 3.08. The van der Waals surface area contributed by atoms with Gasteiger partial charge in [0.2, 0.25) is 0 Å². The molecule has 0 saturated carbocycles. The summed E-state index contributed by atoms with van der Waals surface area (Å²) in [7, 11) is 0. The fourth-order valence-electron chi connectivity index (χ4n) is 1.52. The van der Waals surface area contributed by atoms with E-state index >= 15 is 0 Å². The van der Waals surface area contributed by atoms with Gasteiger partial charge >= 0.3 is 5.97 Å². The molecule has 0 spiro atoms. The van der Waals surface area contributed by atoms with Crippen molar-refractivity contribution in [2.75, 3.05) is 6.61 Å². The van der Waals surface area contributed by atoms with Crippen molar-refractivity contribution in [1.29, 1.82) is 0 Å². The highest BCUT2D eigenvalue weighted by Gasteiger charge is 2.16. The highest BCUT2D eigenvalue weighted by atomic mass is 16.5. The summed E-state index contributed by atoms with van der Waals surface area (Å²) in [6.45, 7) is 7.79. The molecule has 0 N–H and O–H groups in total. The van der Waals surface area contributed by atoms with Crippen LogP contribution in [0.25, 0.3) is 0 Å². The molecular formula is C13H16O3. The Balaban J connectivity index is 2.99. The van der Waals surface area contributed by atoms with Gasteiger partial charge in [-0.05, 0) is 25.5 Å². The molecule has 1 unspecified atom stereocenters. The molecule has 86 valence electrons. The molecule has 1 aromatic carbocycles. The standard InChI is InChI=1S/C13H16O3/c1-4-15-10(3)11-8-6-7-9-12(11)13(14)16-5-2/h5-10H,2,4H2,1,3H3. The average Bonchev–Trinajstić information content (AvgIpc) is 2.30. The van der Waals surface area contributed by atoms with E-state index < -0.39 is 5.97 Å². The number of esters is 1. The van der Waals surface area contributed by atoms with Gasteiger partial charge < -0.3 is 9.47 Å². The molecule has 0 saturated heterocycles. The molecular weight excluding hydrogens is 204 g/mol. The van der Waals surface area contributed by atoms with E-state index in [1.165, 1.54) is 0 Å². The first-order valence-corrected chi connectivity index (χ1v) is 5.23. The Kier molecular flexibility index (Phi) is 4.73. The monoisotopic (exact) mass is 220 g/mol. The molecule has 0 aliphatic heterocycles. The molecule has 0 aromatic heterocycles. The lowest BCUT2D eigenvalue weighted by Gasteiger charge is -2.14. The number of carbonyl (C=O) groups excluding carboxylic acids is 1. The minimum absolute atomic E-state index is 0.126. The summed E-state index contributed by atoms with van der Waals surface area (Å²) in [4.78, 5) is 11.6. The molecule has 0 amide bonds. The zero-order valence-electron chi connectivity index (χ0n) is 9.60. The van der Waals surface area contributed by atoms with Gasteiger partial charge in [0, 0.05) is 6.61 Å². The van der Waals surface area contributed by atoms with Crippen LogP contribution < -0.4 is 0 Å². The summed E-state index contributed by atoms with van der Waals surface area (Å²) >= 11 is 0. The van der Waals surface area contributed by atoms with Gasteiger partial charge in [-0.2, -0.15) is 0 Å². The first kappa shape index (κ1) is 12.5. The van der Waals surface area contributed by atoms with Crippen molar-refractivity contribution in [3.63, 3.8) is 0 Å². The molecule has 3 nitrogen and oxygen atoms in total. The predicted molar refractivity (Wildman–Crippen MR) is 62.1 cm³/mol. The molecule has 0 heterocycles. The third kappa shape index (κ3) is 2.94. The zero-order chi connectivity index (χ0) is 12.0. The Morgan fingerprint density at radius 3 is 2.81 bits per heavy atom. The number of hydrogen-bond donors (Lipinski definition) is 0. The van der Waals surface area contributed by atoms with Gasteiger partial charge in [-0.1, -0.05) is 24.8 Å². The second kappa shape index (κ2) is 6.08. The summed E-state index contributed by atoms with van der Waals surface area (Å²) in [5.41, 5.74) is 1.35. The van der Waals surface area contributed by atoms with E-state index in [2.05, 4.69) is 6.58 Å². The summed E-state index contributed by atoms with van der Waals surface area (Å²) in [5.74, 6) is -0.405. The van der Waals surface area contributed by atoms with E-state index in [4.69, 9.17) is 9.47 Å². The number of benzene rings is 1. The number of hydrogen-bond acceptors (Lipinski definition) is 3. The van der Waals surface area contributed by atoms with Gasteiger partial charge in [0.25, 0.3) is 0 Å². The Morgan fingerprint density at radius 2 is 2.19 bits per heavy atom. The number of carbonyl (C=O) groups is 1. The molecule has 0 aliphatic rings. The van der Waals surface area contributed by atoms with Crippen molar-refractivity contribution in [2.24, 2.45) is 0 Å². The molecule has 0 bridgehead atoms. The van der Waals surface area contributed by atoms with Crippen LogP contribution in [0.15, 0.2) is 37.1 Å². The van der Waals surface area contributed by atoms with Crippen LogP contribution in [0, 0.1) is 0 Å². The minimum atomic E-state index is -0.405. The lowest BCUT2D eigenvalue weighted by atomic mass is 10.0. The topological polar surface area (TPSA) is 35.5 Å². The van der Waals surface area contributed by atoms with Gasteiger partial charge in [0.1, 0.15) is 0 Å². The Morgan fingerprint density at radius 1 is 1.50 bits per heavy atom. The molecule has 0 fully saturated rings. The third-order valence-electron chi connectivity index (χ3n) is 2.23. The summed E-state index contributed by atoms with van der Waals surface area (Å²) in [6, 6.07) is 7.24. The molecule has 1 atom stereocenters. The SMILES string of the molecule is C=COC(=O)c1ccccc1C(C)OCC. The van der Waals surface area contributed by atoms with Crippen LogP contribution in [0.1, 0.15) is 35.9 Å². The van der Waals surface area contributed by atoms with Gasteiger partial charge in [-0.3, -0.25) is 0 Å². The van der Waals surface area contributed by atoms with Crippen molar-refractivity contribution in [3.8, 4) is 0 Å². The minimum Gasteiger partial charge on any atom is -0.432 e. The quantitative estimate of drug-likeness (QED) is 0.565. The average molecular weight is 220 g/mol. The summed E-state index contributed by atoms with van der Waals surface area (Å²) in [6.07, 6.45) is 1.00. The normalized spacial score (nSPS) is 11.9. The van der Waals surface area contributed by atoms with E-state index in [0.717, 1.165) is 11.8 Å². The van der Waals surface area contributed by atoms with Crippen LogP contribution in [-0.2, 0) is 9.47 Å². The lowest BCUT2D eigenvalue weighted by Crippen LogP contribution is -2.09. The van der Waals surface area contributed by atoms with Gasteiger partial charge in [0.15, 0.2) is 0 Å². The highest BCUT2D eigenvalue weighted by Crippen LogP contribution is 2.21. The lowest BCUT2D eigenvalue weighted by molar-refractivity contribution is 0.0619. The fraction of sp³-hybridized carbons (Fsp3) is 0.308. The second-order valence-electron chi connectivity index (χ2n) is 3.26. The van der Waals surface area contributed by atoms with Crippen molar-refractivity contribution < 1.29 is 14.3 Å². The van der Waals surface area contributed by atoms with E-state index in [-0.39, 0.29) is 6.10 Å². The summed E-state index contributed by atoms with van der Waals surface area (Å²) in [5, 5.41) is 0. The van der Waals surface area contributed by atoms with Crippen molar-refractivity contribution in [1.82, 2.24) is 0 Å². The maximum atomic E-state index is 11.6. The molecule has 1 aromatic rings.